The lowest BCUT2D eigenvalue weighted by molar-refractivity contribution is -0.143. The summed E-state index contributed by atoms with van der Waals surface area (Å²) >= 11 is 3.51. The Bertz CT molecular complexity index is 200. The Morgan fingerprint density at radius 1 is 1.27 bits per heavy atom. The van der Waals surface area contributed by atoms with Gasteiger partial charge in [0.2, 0.25) is 0 Å². The highest BCUT2D eigenvalue weighted by molar-refractivity contribution is 9.09. The minimum atomic E-state index is -0.411. The Hall–Kier alpha value is 0.140. The number of hydrogen-bond acceptors (Lipinski definition) is 2. The maximum atomic E-state index is 5.65. The molecule has 0 spiro atoms. The largest absolute Gasteiger partial charge is 0.343 e. The van der Waals surface area contributed by atoms with E-state index in [9.17, 15) is 0 Å². The normalized spacial score (nSPS) is 46.3. The first kappa shape index (κ1) is 7.77. The summed E-state index contributed by atoms with van der Waals surface area (Å²) in [6.45, 7) is 3.89. The first-order valence-corrected chi connectivity index (χ1v) is 4.68. The van der Waals surface area contributed by atoms with E-state index in [1.54, 1.807) is 0 Å². The molecule has 1 saturated heterocycles. The van der Waals surface area contributed by atoms with Crippen LogP contribution in [0.1, 0.15) is 13.8 Å². The van der Waals surface area contributed by atoms with Crippen LogP contribution >= 0.6 is 15.9 Å². The number of ether oxygens (including phenoxy) is 2. The van der Waals surface area contributed by atoms with Crippen LogP contribution in [0.4, 0.5) is 0 Å². The van der Waals surface area contributed by atoms with Crippen molar-refractivity contribution in [3.8, 4) is 0 Å². The van der Waals surface area contributed by atoms with Crippen LogP contribution in [0.15, 0.2) is 12.2 Å². The fraction of sp³-hybridized carbons (Fsp3) is 0.750. The summed E-state index contributed by atoms with van der Waals surface area (Å²) in [6, 6.07) is 0. The van der Waals surface area contributed by atoms with Gasteiger partial charge in [0, 0.05) is 0 Å². The lowest BCUT2D eigenvalue weighted by Gasteiger charge is -2.17. The highest BCUT2D eigenvalue weighted by Crippen LogP contribution is 2.36. The molecule has 2 rings (SSSR count). The van der Waals surface area contributed by atoms with Crippen LogP contribution in [0.25, 0.3) is 0 Å². The monoisotopic (exact) mass is 218 g/mol. The standard InChI is InChI=1S/C8H11BrO2/c1-8(2)10-6-4-3-5(9)7(6)11-8/h3-7H,1-2H3. The Balaban J connectivity index is 2.15. The van der Waals surface area contributed by atoms with Crippen molar-refractivity contribution in [1.82, 2.24) is 0 Å². The maximum Gasteiger partial charge on any atom is 0.164 e. The molecule has 0 aromatic carbocycles. The number of fused-ring (bicyclic) bond motifs is 1. The summed E-state index contributed by atoms with van der Waals surface area (Å²) in [4.78, 5) is 0.314. The van der Waals surface area contributed by atoms with E-state index in [-0.39, 0.29) is 12.2 Å². The van der Waals surface area contributed by atoms with Crippen molar-refractivity contribution in [3.05, 3.63) is 12.2 Å². The maximum absolute atomic E-state index is 5.65. The number of halogens is 1. The minimum Gasteiger partial charge on any atom is -0.343 e. The van der Waals surface area contributed by atoms with E-state index in [1.807, 2.05) is 13.8 Å². The predicted molar refractivity (Wildman–Crippen MR) is 45.7 cm³/mol. The van der Waals surface area contributed by atoms with Crippen LogP contribution in [0.5, 0.6) is 0 Å². The van der Waals surface area contributed by atoms with Gasteiger partial charge in [-0.1, -0.05) is 28.1 Å². The van der Waals surface area contributed by atoms with Gasteiger partial charge in [-0.25, -0.2) is 0 Å². The smallest absolute Gasteiger partial charge is 0.164 e. The molecule has 0 bridgehead atoms. The third-order valence-corrected chi connectivity index (χ3v) is 2.79. The Morgan fingerprint density at radius 2 is 2.00 bits per heavy atom. The molecule has 2 nitrogen and oxygen atoms in total. The molecule has 1 heterocycles. The lowest BCUT2D eigenvalue weighted by Crippen LogP contribution is -2.25. The van der Waals surface area contributed by atoms with Crippen molar-refractivity contribution in [1.29, 1.82) is 0 Å². The Kier molecular flexibility index (Phi) is 1.63. The second kappa shape index (κ2) is 2.31. The molecule has 3 unspecified atom stereocenters. The highest BCUT2D eigenvalue weighted by atomic mass is 79.9. The van der Waals surface area contributed by atoms with Gasteiger partial charge >= 0.3 is 0 Å². The molecule has 0 saturated carbocycles. The van der Waals surface area contributed by atoms with Gasteiger partial charge in [0.1, 0.15) is 12.2 Å². The third kappa shape index (κ3) is 1.25. The Labute approximate surface area is 74.7 Å². The number of alkyl halides is 1. The summed E-state index contributed by atoms with van der Waals surface area (Å²) in [5.74, 6) is -0.411. The molecular formula is C8H11BrO2. The molecule has 11 heavy (non-hydrogen) atoms. The van der Waals surface area contributed by atoms with Crippen LogP contribution in [-0.4, -0.2) is 22.8 Å². The zero-order valence-electron chi connectivity index (χ0n) is 6.58. The van der Waals surface area contributed by atoms with E-state index < -0.39 is 5.79 Å². The van der Waals surface area contributed by atoms with Gasteiger partial charge in [0.15, 0.2) is 5.79 Å². The van der Waals surface area contributed by atoms with Crippen LogP contribution in [0.3, 0.4) is 0 Å². The summed E-state index contributed by atoms with van der Waals surface area (Å²) < 4.78 is 11.3. The molecule has 3 atom stereocenters. The third-order valence-electron chi connectivity index (χ3n) is 1.96. The second-order valence-electron chi connectivity index (χ2n) is 3.39. The van der Waals surface area contributed by atoms with Crippen molar-refractivity contribution < 1.29 is 9.47 Å². The minimum absolute atomic E-state index is 0.148. The second-order valence-corrected chi connectivity index (χ2v) is 4.45. The fourth-order valence-electron chi connectivity index (χ4n) is 1.54. The molecule has 0 aromatic heterocycles. The van der Waals surface area contributed by atoms with Crippen molar-refractivity contribution in [2.75, 3.05) is 0 Å². The van der Waals surface area contributed by atoms with E-state index in [0.29, 0.717) is 4.83 Å². The summed E-state index contributed by atoms with van der Waals surface area (Å²) in [7, 11) is 0. The van der Waals surface area contributed by atoms with E-state index in [1.165, 1.54) is 0 Å². The van der Waals surface area contributed by atoms with Crippen molar-refractivity contribution >= 4 is 15.9 Å². The zero-order chi connectivity index (χ0) is 8.06. The molecule has 1 fully saturated rings. The van der Waals surface area contributed by atoms with Crippen LogP contribution in [-0.2, 0) is 9.47 Å². The number of hydrogen-bond donors (Lipinski definition) is 0. The van der Waals surface area contributed by atoms with E-state index in [2.05, 4.69) is 28.1 Å². The van der Waals surface area contributed by atoms with Gasteiger partial charge in [-0.05, 0) is 13.8 Å². The molecule has 2 aliphatic rings. The van der Waals surface area contributed by atoms with Crippen LogP contribution in [0.2, 0.25) is 0 Å². The first-order chi connectivity index (χ1) is 5.08. The van der Waals surface area contributed by atoms with Gasteiger partial charge in [-0.2, -0.15) is 0 Å². The van der Waals surface area contributed by atoms with Gasteiger partial charge in [-0.3, -0.25) is 0 Å². The molecule has 0 radical (unpaired) electrons. The summed E-state index contributed by atoms with van der Waals surface area (Å²) in [5.41, 5.74) is 0. The lowest BCUT2D eigenvalue weighted by atomic mass is 10.2. The van der Waals surface area contributed by atoms with Crippen molar-refractivity contribution in [2.24, 2.45) is 0 Å². The molecule has 1 aliphatic heterocycles. The van der Waals surface area contributed by atoms with Crippen molar-refractivity contribution in [3.63, 3.8) is 0 Å². The van der Waals surface area contributed by atoms with Gasteiger partial charge in [0.25, 0.3) is 0 Å². The summed E-state index contributed by atoms with van der Waals surface area (Å²) in [5, 5.41) is 0. The van der Waals surface area contributed by atoms with E-state index in [0.717, 1.165) is 0 Å². The summed E-state index contributed by atoms with van der Waals surface area (Å²) in [6.07, 6.45) is 4.45. The average molecular weight is 219 g/mol. The predicted octanol–water partition coefficient (Wildman–Crippen LogP) is 1.84. The zero-order valence-corrected chi connectivity index (χ0v) is 8.17. The topological polar surface area (TPSA) is 18.5 Å². The van der Waals surface area contributed by atoms with Crippen LogP contribution in [0, 0.1) is 0 Å². The number of rotatable bonds is 0. The van der Waals surface area contributed by atoms with Crippen LogP contribution < -0.4 is 0 Å². The van der Waals surface area contributed by atoms with E-state index in [4.69, 9.17) is 9.47 Å². The van der Waals surface area contributed by atoms with Gasteiger partial charge in [-0.15, -0.1) is 0 Å². The molecular weight excluding hydrogens is 208 g/mol. The molecule has 62 valence electrons. The molecule has 0 aromatic rings. The van der Waals surface area contributed by atoms with Gasteiger partial charge in [0.05, 0.1) is 4.83 Å². The van der Waals surface area contributed by atoms with E-state index >= 15 is 0 Å². The molecule has 1 aliphatic carbocycles. The first-order valence-electron chi connectivity index (χ1n) is 3.76. The highest BCUT2D eigenvalue weighted by Gasteiger charge is 2.45. The average Bonchev–Trinajstić information content (AvgIpc) is 2.31. The SMILES string of the molecule is CC1(C)OC2C=CC(Br)C2O1. The molecule has 0 amide bonds. The quantitative estimate of drug-likeness (QED) is 0.457. The van der Waals surface area contributed by atoms with Crippen molar-refractivity contribution in [2.45, 2.75) is 36.7 Å². The molecule has 3 heteroatoms. The Morgan fingerprint density at radius 3 is 2.64 bits per heavy atom. The van der Waals surface area contributed by atoms with Gasteiger partial charge < -0.3 is 9.47 Å². The molecule has 0 N–H and O–H groups in total. The fourth-order valence-corrected chi connectivity index (χ4v) is 2.12.